The summed E-state index contributed by atoms with van der Waals surface area (Å²) in [5, 5.41) is 2.08. The number of carbonyl (C=O) groups excluding carboxylic acids is 2. The molecule has 0 N–H and O–H groups in total. The first-order valence-corrected chi connectivity index (χ1v) is 14.2. The molecule has 0 saturated carbocycles. The number of fused-ring (bicyclic) bond motifs is 1. The number of ether oxygens (including phenoxy) is 2. The van der Waals surface area contributed by atoms with Gasteiger partial charge in [0.25, 0.3) is 5.91 Å². The van der Waals surface area contributed by atoms with Crippen LogP contribution in [0.15, 0.2) is 60.0 Å². The van der Waals surface area contributed by atoms with Crippen LogP contribution >= 0.6 is 11.3 Å². The smallest absolute Gasteiger partial charge is 0.254 e. The lowest BCUT2D eigenvalue weighted by Crippen LogP contribution is -2.49. The minimum atomic E-state index is -0.201. The molecule has 0 unspecified atom stereocenters. The summed E-state index contributed by atoms with van der Waals surface area (Å²) in [7, 11) is 1.58. The van der Waals surface area contributed by atoms with Crippen molar-refractivity contribution in [2.75, 3.05) is 26.8 Å². The van der Waals surface area contributed by atoms with Gasteiger partial charge in [0.05, 0.1) is 13.2 Å². The molecule has 3 aromatic rings. The predicted octanol–water partition coefficient (Wildman–Crippen LogP) is 6.33. The number of methoxy groups -OCH3 is 1. The molecule has 1 aromatic heterocycles. The molecule has 2 amide bonds. The molecule has 0 aliphatic carbocycles. The van der Waals surface area contributed by atoms with E-state index in [1.54, 1.807) is 41.5 Å². The largest absolute Gasteiger partial charge is 0.497 e. The zero-order valence-electron chi connectivity index (χ0n) is 23.0. The summed E-state index contributed by atoms with van der Waals surface area (Å²) in [6.45, 7) is 9.34. The second-order valence-corrected chi connectivity index (χ2v) is 11.1. The van der Waals surface area contributed by atoms with Crippen molar-refractivity contribution in [1.82, 2.24) is 9.80 Å². The summed E-state index contributed by atoms with van der Waals surface area (Å²) in [5.41, 5.74) is 2.92. The van der Waals surface area contributed by atoms with Gasteiger partial charge in [-0.15, -0.1) is 11.3 Å². The topological polar surface area (TPSA) is 59.1 Å². The van der Waals surface area contributed by atoms with Crippen LogP contribution in [0.3, 0.4) is 0 Å². The highest BCUT2D eigenvalue weighted by atomic mass is 32.1. The monoisotopic (exact) mass is 534 g/mol. The fraction of sp³-hybridized carbons (Fsp3) is 0.419. The highest BCUT2D eigenvalue weighted by molar-refractivity contribution is 7.10. The van der Waals surface area contributed by atoms with Crippen LogP contribution in [0.25, 0.3) is 0 Å². The molecule has 0 spiro atoms. The molecule has 1 aliphatic heterocycles. The lowest BCUT2D eigenvalue weighted by atomic mass is 10.00. The van der Waals surface area contributed by atoms with Crippen molar-refractivity contribution in [3.05, 3.63) is 81.5 Å². The number of thiophene rings is 1. The van der Waals surface area contributed by atoms with Gasteiger partial charge in [0.2, 0.25) is 5.91 Å². The molecular weight excluding hydrogens is 496 g/mol. The molecule has 2 aromatic carbocycles. The van der Waals surface area contributed by atoms with E-state index in [9.17, 15) is 9.59 Å². The second-order valence-electron chi connectivity index (χ2n) is 10.1. The van der Waals surface area contributed by atoms with Crippen molar-refractivity contribution in [3.63, 3.8) is 0 Å². The van der Waals surface area contributed by atoms with Gasteiger partial charge < -0.3 is 19.3 Å². The molecule has 0 radical (unpaired) electrons. The van der Waals surface area contributed by atoms with Gasteiger partial charge in [-0.25, -0.2) is 0 Å². The maximum Gasteiger partial charge on any atom is 0.254 e. The number of nitrogens with zero attached hydrogens (tertiary/aromatic N) is 2. The number of benzene rings is 2. The zero-order chi connectivity index (χ0) is 27.2. The first-order valence-electron chi connectivity index (χ1n) is 13.4. The number of carbonyl (C=O) groups is 2. The average Bonchev–Trinajstić information content (AvgIpc) is 3.43. The number of amides is 2. The lowest BCUT2D eigenvalue weighted by molar-refractivity contribution is -0.136. The van der Waals surface area contributed by atoms with Gasteiger partial charge >= 0.3 is 0 Å². The van der Waals surface area contributed by atoms with Crippen LogP contribution in [0.1, 0.15) is 72.4 Å². The van der Waals surface area contributed by atoms with Crippen molar-refractivity contribution in [2.24, 2.45) is 0 Å². The maximum absolute atomic E-state index is 13.8. The van der Waals surface area contributed by atoms with Crippen LogP contribution in [-0.2, 0) is 11.2 Å². The minimum Gasteiger partial charge on any atom is -0.497 e. The van der Waals surface area contributed by atoms with Gasteiger partial charge in [-0.3, -0.25) is 9.59 Å². The number of hydrogen-bond donors (Lipinski definition) is 0. The van der Waals surface area contributed by atoms with Gasteiger partial charge in [-0.1, -0.05) is 39.0 Å². The quantitative estimate of drug-likeness (QED) is 0.305. The predicted molar refractivity (Wildman–Crippen MR) is 152 cm³/mol. The van der Waals surface area contributed by atoms with E-state index in [1.165, 1.54) is 10.4 Å². The van der Waals surface area contributed by atoms with E-state index in [0.29, 0.717) is 30.4 Å². The fourth-order valence-corrected chi connectivity index (χ4v) is 5.73. The van der Waals surface area contributed by atoms with E-state index in [-0.39, 0.29) is 30.4 Å². The minimum absolute atomic E-state index is 0.0180. The molecule has 1 aliphatic rings. The van der Waals surface area contributed by atoms with E-state index in [0.717, 1.165) is 24.2 Å². The van der Waals surface area contributed by atoms with Crippen LogP contribution in [0, 0.1) is 0 Å². The normalized spacial score (nSPS) is 15.6. The van der Waals surface area contributed by atoms with Gasteiger partial charge in [0, 0.05) is 23.0 Å². The number of rotatable bonds is 10. The van der Waals surface area contributed by atoms with E-state index in [1.807, 2.05) is 36.9 Å². The molecule has 4 rings (SSSR count). The summed E-state index contributed by atoms with van der Waals surface area (Å²) in [4.78, 5) is 32.2. The Hall–Kier alpha value is -3.32. The van der Waals surface area contributed by atoms with Gasteiger partial charge in [-0.2, -0.15) is 0 Å². The lowest BCUT2D eigenvalue weighted by Gasteiger charge is -2.38. The molecule has 202 valence electrons. The SMILES string of the molecule is CC[C@H](C)N(CC(=O)N1CCc2sccc2[C@H]1COc1ccc(C(C)C)cc1)C(=O)c1cccc(OC)c1. The second kappa shape index (κ2) is 12.5. The van der Waals surface area contributed by atoms with Crippen molar-refractivity contribution >= 4 is 23.2 Å². The van der Waals surface area contributed by atoms with Gasteiger partial charge in [0.15, 0.2) is 0 Å². The first kappa shape index (κ1) is 27.7. The summed E-state index contributed by atoms with van der Waals surface area (Å²) >= 11 is 1.73. The Balaban J connectivity index is 1.53. The highest BCUT2D eigenvalue weighted by Gasteiger charge is 2.34. The Morgan fingerprint density at radius 3 is 2.53 bits per heavy atom. The van der Waals surface area contributed by atoms with Crippen molar-refractivity contribution < 1.29 is 19.1 Å². The van der Waals surface area contributed by atoms with Crippen LogP contribution in [0.5, 0.6) is 11.5 Å². The molecule has 2 heterocycles. The summed E-state index contributed by atoms with van der Waals surface area (Å²) < 4.78 is 11.5. The van der Waals surface area contributed by atoms with E-state index >= 15 is 0 Å². The molecular formula is C31H38N2O4S. The summed E-state index contributed by atoms with van der Waals surface area (Å²) in [6.07, 6.45) is 1.56. The summed E-state index contributed by atoms with van der Waals surface area (Å²) in [5.74, 6) is 1.63. The van der Waals surface area contributed by atoms with Crippen LogP contribution in [0.2, 0.25) is 0 Å². The molecule has 7 heteroatoms. The third-order valence-corrected chi connectivity index (χ3v) is 8.37. The standard InChI is InChI=1S/C31H38N2O4S/c1-6-22(4)33(31(35)24-8-7-9-26(18-24)36-5)19-30(34)32-16-14-29-27(15-17-38-29)28(32)20-37-25-12-10-23(11-13-25)21(2)3/h7-13,15,17-18,21-22,28H,6,14,16,19-20H2,1-5H3/t22-,28+/m0/s1. The van der Waals surface area contributed by atoms with Gasteiger partial charge in [0.1, 0.15) is 24.7 Å². The summed E-state index contributed by atoms with van der Waals surface area (Å²) in [6, 6.07) is 17.1. The van der Waals surface area contributed by atoms with Crippen LogP contribution in [0.4, 0.5) is 0 Å². The Morgan fingerprint density at radius 2 is 1.84 bits per heavy atom. The third kappa shape index (κ3) is 6.21. The Morgan fingerprint density at radius 1 is 1.08 bits per heavy atom. The van der Waals surface area contributed by atoms with Crippen LogP contribution < -0.4 is 9.47 Å². The number of hydrogen-bond acceptors (Lipinski definition) is 5. The Bertz CT molecular complexity index is 1240. The maximum atomic E-state index is 13.8. The molecule has 2 atom stereocenters. The molecule has 0 saturated heterocycles. The Labute approximate surface area is 230 Å². The fourth-order valence-electron chi connectivity index (χ4n) is 4.81. The van der Waals surface area contributed by atoms with E-state index in [4.69, 9.17) is 9.47 Å². The van der Waals surface area contributed by atoms with E-state index < -0.39 is 0 Å². The molecule has 6 nitrogen and oxygen atoms in total. The van der Waals surface area contributed by atoms with Crippen LogP contribution in [-0.4, -0.2) is 54.5 Å². The third-order valence-electron chi connectivity index (χ3n) is 7.38. The average molecular weight is 535 g/mol. The molecule has 38 heavy (non-hydrogen) atoms. The van der Waals surface area contributed by atoms with Crippen molar-refractivity contribution in [3.8, 4) is 11.5 Å². The van der Waals surface area contributed by atoms with Crippen molar-refractivity contribution in [2.45, 2.75) is 58.5 Å². The Kier molecular flexibility index (Phi) is 9.10. The van der Waals surface area contributed by atoms with Crippen molar-refractivity contribution in [1.29, 1.82) is 0 Å². The first-order chi connectivity index (χ1) is 18.3. The zero-order valence-corrected chi connectivity index (χ0v) is 23.8. The van der Waals surface area contributed by atoms with E-state index in [2.05, 4.69) is 37.4 Å². The molecule has 0 bridgehead atoms. The highest BCUT2D eigenvalue weighted by Crippen LogP contribution is 2.34. The van der Waals surface area contributed by atoms with Gasteiger partial charge in [-0.05, 0) is 78.6 Å². The molecule has 0 fully saturated rings.